The second kappa shape index (κ2) is 5.90. The zero-order valence-electron chi connectivity index (χ0n) is 10.1. The summed E-state index contributed by atoms with van der Waals surface area (Å²) in [6, 6.07) is 5.77. The Labute approximate surface area is 108 Å². The van der Waals surface area contributed by atoms with Gasteiger partial charge < -0.3 is 5.32 Å². The Balaban J connectivity index is 2.64. The van der Waals surface area contributed by atoms with Crippen LogP contribution in [-0.4, -0.2) is 5.54 Å². The summed E-state index contributed by atoms with van der Waals surface area (Å²) >= 11 is 11.8. The smallest absolute Gasteiger partial charge is 0.0595 e. The molecule has 0 radical (unpaired) electrons. The van der Waals surface area contributed by atoms with E-state index in [1.54, 1.807) is 0 Å². The van der Waals surface area contributed by atoms with Crippen molar-refractivity contribution < 1.29 is 0 Å². The molecule has 16 heavy (non-hydrogen) atoms. The summed E-state index contributed by atoms with van der Waals surface area (Å²) in [5, 5.41) is 4.79. The van der Waals surface area contributed by atoms with Gasteiger partial charge in [0.15, 0.2) is 0 Å². The third-order valence-corrected chi connectivity index (χ3v) is 4.00. The monoisotopic (exact) mass is 259 g/mol. The number of benzene rings is 1. The molecule has 0 spiro atoms. The molecule has 1 rings (SSSR count). The van der Waals surface area contributed by atoms with Gasteiger partial charge in [-0.05, 0) is 37.5 Å². The fourth-order valence-corrected chi connectivity index (χ4v) is 1.79. The van der Waals surface area contributed by atoms with Gasteiger partial charge in [-0.15, -0.1) is 0 Å². The largest absolute Gasteiger partial charge is 0.307 e. The minimum atomic E-state index is 0.201. The Morgan fingerprint density at radius 2 is 1.75 bits per heavy atom. The van der Waals surface area contributed by atoms with Crippen molar-refractivity contribution >= 4 is 23.2 Å². The van der Waals surface area contributed by atoms with E-state index in [1.165, 1.54) is 5.56 Å². The van der Waals surface area contributed by atoms with E-state index in [0.29, 0.717) is 10.0 Å². The number of hydrogen-bond acceptors (Lipinski definition) is 1. The molecule has 0 heterocycles. The van der Waals surface area contributed by atoms with Crippen molar-refractivity contribution in [2.45, 2.75) is 45.7 Å². The average Bonchev–Trinajstić information content (AvgIpc) is 2.30. The minimum Gasteiger partial charge on any atom is -0.307 e. The Bertz CT molecular complexity index is 346. The van der Waals surface area contributed by atoms with Gasteiger partial charge in [0, 0.05) is 12.1 Å². The molecule has 0 fully saturated rings. The quantitative estimate of drug-likeness (QED) is 0.811. The molecule has 0 unspecified atom stereocenters. The van der Waals surface area contributed by atoms with Gasteiger partial charge in [0.05, 0.1) is 10.0 Å². The van der Waals surface area contributed by atoms with Gasteiger partial charge in [-0.3, -0.25) is 0 Å². The molecule has 1 nitrogen and oxygen atoms in total. The van der Waals surface area contributed by atoms with Crippen LogP contribution in [0.1, 0.15) is 39.2 Å². The summed E-state index contributed by atoms with van der Waals surface area (Å²) in [6.45, 7) is 7.47. The molecule has 1 aromatic carbocycles. The maximum Gasteiger partial charge on any atom is 0.0595 e. The van der Waals surface area contributed by atoms with E-state index < -0.39 is 0 Å². The highest BCUT2D eigenvalue weighted by Gasteiger charge is 2.18. The number of nitrogens with one attached hydrogen (secondary N) is 1. The van der Waals surface area contributed by atoms with Gasteiger partial charge in [0.2, 0.25) is 0 Å². The third-order valence-electron chi connectivity index (χ3n) is 3.26. The highest BCUT2D eigenvalue weighted by atomic mass is 35.5. The highest BCUT2D eigenvalue weighted by Crippen LogP contribution is 2.23. The first-order chi connectivity index (χ1) is 7.50. The molecule has 0 saturated heterocycles. The molecule has 0 bridgehead atoms. The van der Waals surface area contributed by atoms with Crippen LogP contribution >= 0.6 is 23.2 Å². The molecule has 0 saturated carbocycles. The standard InChI is InChI=1S/C13H19Cl2N/c1-4-13(3,5-2)16-9-10-6-7-11(14)12(15)8-10/h6-8,16H,4-5,9H2,1-3H3. The lowest BCUT2D eigenvalue weighted by Gasteiger charge is -2.28. The van der Waals surface area contributed by atoms with Crippen LogP contribution in [0.5, 0.6) is 0 Å². The lowest BCUT2D eigenvalue weighted by Crippen LogP contribution is -2.40. The molecule has 3 heteroatoms. The van der Waals surface area contributed by atoms with E-state index in [4.69, 9.17) is 23.2 Å². The summed E-state index contributed by atoms with van der Waals surface area (Å²) in [7, 11) is 0. The summed E-state index contributed by atoms with van der Waals surface area (Å²) in [6.07, 6.45) is 2.23. The zero-order valence-corrected chi connectivity index (χ0v) is 11.6. The van der Waals surface area contributed by atoms with Crippen molar-refractivity contribution in [2.24, 2.45) is 0 Å². The van der Waals surface area contributed by atoms with Gasteiger partial charge >= 0.3 is 0 Å². The van der Waals surface area contributed by atoms with Gasteiger partial charge in [-0.1, -0.05) is 43.1 Å². The molecule has 0 aliphatic rings. The van der Waals surface area contributed by atoms with Crippen LogP contribution in [0.3, 0.4) is 0 Å². The Morgan fingerprint density at radius 3 is 2.25 bits per heavy atom. The fraction of sp³-hybridized carbons (Fsp3) is 0.538. The SMILES string of the molecule is CCC(C)(CC)NCc1ccc(Cl)c(Cl)c1. The molecule has 90 valence electrons. The van der Waals surface area contributed by atoms with Crippen molar-refractivity contribution in [1.29, 1.82) is 0 Å². The molecule has 0 aliphatic carbocycles. The first-order valence-electron chi connectivity index (χ1n) is 5.69. The van der Waals surface area contributed by atoms with Gasteiger partial charge in [0.25, 0.3) is 0 Å². The van der Waals surface area contributed by atoms with Crippen LogP contribution in [0.25, 0.3) is 0 Å². The van der Waals surface area contributed by atoms with E-state index in [2.05, 4.69) is 26.1 Å². The lowest BCUT2D eigenvalue weighted by molar-refractivity contribution is 0.329. The zero-order chi connectivity index (χ0) is 12.2. The van der Waals surface area contributed by atoms with Crippen molar-refractivity contribution in [3.63, 3.8) is 0 Å². The van der Waals surface area contributed by atoms with E-state index in [1.807, 2.05) is 18.2 Å². The molecular weight excluding hydrogens is 241 g/mol. The van der Waals surface area contributed by atoms with Crippen LogP contribution in [-0.2, 0) is 6.54 Å². The predicted octanol–water partition coefficient (Wildman–Crippen LogP) is 4.66. The lowest BCUT2D eigenvalue weighted by atomic mass is 9.95. The summed E-state index contributed by atoms with van der Waals surface area (Å²) in [5.74, 6) is 0. The first-order valence-corrected chi connectivity index (χ1v) is 6.45. The Hall–Kier alpha value is -0.240. The van der Waals surface area contributed by atoms with Crippen molar-refractivity contribution in [3.05, 3.63) is 33.8 Å². The van der Waals surface area contributed by atoms with Gasteiger partial charge in [-0.2, -0.15) is 0 Å². The summed E-state index contributed by atoms with van der Waals surface area (Å²) in [4.78, 5) is 0. The third kappa shape index (κ3) is 3.65. The molecule has 1 aromatic rings. The Morgan fingerprint density at radius 1 is 1.12 bits per heavy atom. The topological polar surface area (TPSA) is 12.0 Å². The number of rotatable bonds is 5. The molecule has 1 N–H and O–H groups in total. The van der Waals surface area contributed by atoms with Crippen LogP contribution in [0.2, 0.25) is 10.0 Å². The van der Waals surface area contributed by atoms with E-state index in [0.717, 1.165) is 19.4 Å². The van der Waals surface area contributed by atoms with Crippen molar-refractivity contribution in [1.82, 2.24) is 5.32 Å². The second-order valence-electron chi connectivity index (χ2n) is 4.37. The van der Waals surface area contributed by atoms with E-state index in [-0.39, 0.29) is 5.54 Å². The van der Waals surface area contributed by atoms with Crippen LogP contribution < -0.4 is 5.32 Å². The summed E-state index contributed by atoms with van der Waals surface area (Å²) < 4.78 is 0. The molecular formula is C13H19Cl2N. The average molecular weight is 260 g/mol. The predicted molar refractivity (Wildman–Crippen MR) is 72.3 cm³/mol. The molecule has 0 aliphatic heterocycles. The normalized spacial score (nSPS) is 11.8. The molecule has 0 aromatic heterocycles. The van der Waals surface area contributed by atoms with Gasteiger partial charge in [-0.25, -0.2) is 0 Å². The van der Waals surface area contributed by atoms with Gasteiger partial charge in [0.1, 0.15) is 0 Å². The maximum atomic E-state index is 5.97. The number of hydrogen-bond donors (Lipinski definition) is 1. The maximum absolute atomic E-state index is 5.97. The van der Waals surface area contributed by atoms with Crippen LogP contribution in [0, 0.1) is 0 Å². The molecule has 0 atom stereocenters. The van der Waals surface area contributed by atoms with E-state index >= 15 is 0 Å². The van der Waals surface area contributed by atoms with Crippen LogP contribution in [0.15, 0.2) is 18.2 Å². The fourth-order valence-electron chi connectivity index (χ4n) is 1.47. The second-order valence-corrected chi connectivity index (χ2v) is 5.18. The summed E-state index contributed by atoms with van der Waals surface area (Å²) in [5.41, 5.74) is 1.37. The first kappa shape index (κ1) is 13.8. The molecule has 0 amide bonds. The minimum absolute atomic E-state index is 0.201. The van der Waals surface area contributed by atoms with Crippen LogP contribution in [0.4, 0.5) is 0 Å². The number of halogens is 2. The Kier molecular flexibility index (Phi) is 5.10. The van der Waals surface area contributed by atoms with Crippen molar-refractivity contribution in [2.75, 3.05) is 0 Å². The van der Waals surface area contributed by atoms with Crippen molar-refractivity contribution in [3.8, 4) is 0 Å². The van der Waals surface area contributed by atoms with E-state index in [9.17, 15) is 0 Å². The highest BCUT2D eigenvalue weighted by molar-refractivity contribution is 6.42.